The minimum Gasteiger partial charge on any atom is -0.503 e. The maximum Gasteiger partial charge on any atom is 0.269 e. The van der Waals surface area contributed by atoms with Crippen molar-refractivity contribution in [2.45, 2.75) is 0 Å². The SMILES string of the molecule is CNc1nc(Nc2ccc([N+](=O)[O-])cc2)c(NC)c(NC)c1O. The highest BCUT2D eigenvalue weighted by Gasteiger charge is 2.17. The molecule has 0 atom stereocenters. The number of anilines is 5. The van der Waals surface area contributed by atoms with Crippen LogP contribution in [0.2, 0.25) is 0 Å². The maximum atomic E-state index is 10.7. The molecule has 0 saturated heterocycles. The first kappa shape index (κ1) is 16.1. The van der Waals surface area contributed by atoms with Crippen molar-refractivity contribution in [3.8, 4) is 5.75 Å². The summed E-state index contributed by atoms with van der Waals surface area (Å²) in [6, 6.07) is 5.98. The van der Waals surface area contributed by atoms with E-state index in [9.17, 15) is 15.2 Å². The fourth-order valence-corrected chi connectivity index (χ4v) is 2.13. The molecule has 1 aromatic heterocycles. The molecule has 0 fully saturated rings. The van der Waals surface area contributed by atoms with Crippen LogP contribution in [-0.4, -0.2) is 36.2 Å². The molecule has 0 amide bonds. The molecule has 0 spiro atoms. The van der Waals surface area contributed by atoms with Gasteiger partial charge in [-0.05, 0) is 12.1 Å². The molecular weight excluding hydrogens is 300 g/mol. The van der Waals surface area contributed by atoms with Gasteiger partial charge in [0.1, 0.15) is 11.4 Å². The molecule has 1 aromatic carbocycles. The maximum absolute atomic E-state index is 10.7. The zero-order valence-electron chi connectivity index (χ0n) is 13.0. The highest BCUT2D eigenvalue weighted by atomic mass is 16.6. The summed E-state index contributed by atoms with van der Waals surface area (Å²) in [7, 11) is 5.04. The summed E-state index contributed by atoms with van der Waals surface area (Å²) < 4.78 is 0. The van der Waals surface area contributed by atoms with Gasteiger partial charge in [0.25, 0.3) is 5.69 Å². The zero-order chi connectivity index (χ0) is 17.0. The largest absolute Gasteiger partial charge is 0.503 e. The highest BCUT2D eigenvalue weighted by molar-refractivity contribution is 5.89. The second-order valence-electron chi connectivity index (χ2n) is 4.59. The van der Waals surface area contributed by atoms with Crippen LogP contribution in [0.15, 0.2) is 24.3 Å². The van der Waals surface area contributed by atoms with E-state index in [1.807, 2.05) is 0 Å². The lowest BCUT2D eigenvalue weighted by atomic mass is 10.2. The van der Waals surface area contributed by atoms with Gasteiger partial charge in [0, 0.05) is 39.0 Å². The Kier molecular flexibility index (Phi) is 4.69. The van der Waals surface area contributed by atoms with Gasteiger partial charge >= 0.3 is 0 Å². The topological polar surface area (TPSA) is 124 Å². The van der Waals surface area contributed by atoms with Gasteiger partial charge in [-0.1, -0.05) is 0 Å². The van der Waals surface area contributed by atoms with Crippen LogP contribution in [-0.2, 0) is 0 Å². The van der Waals surface area contributed by atoms with Gasteiger partial charge in [-0.3, -0.25) is 10.1 Å². The fourth-order valence-electron chi connectivity index (χ4n) is 2.13. The lowest BCUT2D eigenvalue weighted by Gasteiger charge is -2.18. The number of benzene rings is 1. The average Bonchev–Trinajstić information content (AvgIpc) is 2.56. The molecule has 9 heteroatoms. The third-order valence-corrected chi connectivity index (χ3v) is 3.25. The lowest BCUT2D eigenvalue weighted by molar-refractivity contribution is -0.384. The number of nitro benzene ring substituents is 1. The summed E-state index contributed by atoms with van der Waals surface area (Å²) >= 11 is 0. The molecule has 23 heavy (non-hydrogen) atoms. The molecule has 122 valence electrons. The van der Waals surface area contributed by atoms with Crippen LogP contribution in [0.4, 0.5) is 34.4 Å². The van der Waals surface area contributed by atoms with Gasteiger partial charge in [-0.15, -0.1) is 0 Å². The molecule has 0 aliphatic rings. The van der Waals surface area contributed by atoms with Crippen molar-refractivity contribution < 1.29 is 10.0 Å². The van der Waals surface area contributed by atoms with Crippen molar-refractivity contribution >= 4 is 34.4 Å². The van der Waals surface area contributed by atoms with Gasteiger partial charge in [-0.2, -0.15) is 0 Å². The Morgan fingerprint density at radius 2 is 1.61 bits per heavy atom. The normalized spacial score (nSPS) is 10.0. The van der Waals surface area contributed by atoms with Gasteiger partial charge in [0.2, 0.25) is 0 Å². The number of rotatable bonds is 6. The van der Waals surface area contributed by atoms with E-state index in [-0.39, 0.29) is 11.4 Å². The Morgan fingerprint density at radius 3 is 2.09 bits per heavy atom. The van der Waals surface area contributed by atoms with Gasteiger partial charge in [0.15, 0.2) is 17.4 Å². The van der Waals surface area contributed by atoms with Crippen molar-refractivity contribution in [3.63, 3.8) is 0 Å². The summed E-state index contributed by atoms with van der Waals surface area (Å²) in [6.07, 6.45) is 0. The van der Waals surface area contributed by atoms with E-state index < -0.39 is 4.92 Å². The molecule has 9 nitrogen and oxygen atoms in total. The van der Waals surface area contributed by atoms with Crippen molar-refractivity contribution in [2.75, 3.05) is 42.4 Å². The smallest absolute Gasteiger partial charge is 0.269 e. The summed E-state index contributed by atoms with van der Waals surface area (Å²) in [5.41, 5.74) is 1.70. The molecule has 2 aromatic rings. The Hall–Kier alpha value is -3.23. The predicted octanol–water partition coefficient (Wildman–Crippen LogP) is 2.56. The van der Waals surface area contributed by atoms with Crippen LogP contribution in [0.5, 0.6) is 5.75 Å². The predicted molar refractivity (Wildman–Crippen MR) is 90.9 cm³/mol. The first-order valence-corrected chi connectivity index (χ1v) is 6.83. The van der Waals surface area contributed by atoms with E-state index in [4.69, 9.17) is 0 Å². The van der Waals surface area contributed by atoms with Crippen LogP contribution in [0.25, 0.3) is 0 Å². The number of non-ortho nitro benzene ring substituents is 1. The Bertz CT molecular complexity index is 717. The van der Waals surface area contributed by atoms with Crippen LogP contribution in [0, 0.1) is 10.1 Å². The molecule has 0 radical (unpaired) electrons. The van der Waals surface area contributed by atoms with E-state index in [2.05, 4.69) is 26.3 Å². The van der Waals surface area contributed by atoms with Gasteiger partial charge < -0.3 is 26.4 Å². The lowest BCUT2D eigenvalue weighted by Crippen LogP contribution is -2.07. The number of nitrogens with one attached hydrogen (secondary N) is 4. The second-order valence-corrected chi connectivity index (χ2v) is 4.59. The quantitative estimate of drug-likeness (QED) is 0.406. The van der Waals surface area contributed by atoms with Gasteiger partial charge in [0.05, 0.1) is 4.92 Å². The molecule has 0 aliphatic carbocycles. The van der Waals surface area contributed by atoms with Gasteiger partial charge in [-0.25, -0.2) is 4.98 Å². The number of nitro groups is 1. The van der Waals surface area contributed by atoms with Crippen LogP contribution in [0.3, 0.4) is 0 Å². The minimum atomic E-state index is -0.459. The van der Waals surface area contributed by atoms with E-state index >= 15 is 0 Å². The second kappa shape index (κ2) is 6.69. The third-order valence-electron chi connectivity index (χ3n) is 3.25. The van der Waals surface area contributed by atoms with E-state index in [0.717, 1.165) is 0 Å². The summed E-state index contributed by atoms with van der Waals surface area (Å²) in [4.78, 5) is 14.5. The highest BCUT2D eigenvalue weighted by Crippen LogP contribution is 2.41. The molecule has 2 rings (SSSR count). The Morgan fingerprint density at radius 1 is 1.00 bits per heavy atom. The van der Waals surface area contributed by atoms with E-state index in [0.29, 0.717) is 28.7 Å². The fraction of sp³-hybridized carbons (Fsp3) is 0.214. The third kappa shape index (κ3) is 3.18. The van der Waals surface area contributed by atoms with Crippen LogP contribution in [0.1, 0.15) is 0 Å². The van der Waals surface area contributed by atoms with Crippen molar-refractivity contribution in [1.29, 1.82) is 0 Å². The first-order valence-electron chi connectivity index (χ1n) is 6.83. The van der Waals surface area contributed by atoms with Crippen LogP contribution < -0.4 is 21.3 Å². The zero-order valence-corrected chi connectivity index (χ0v) is 13.0. The Balaban J connectivity index is 2.43. The van der Waals surface area contributed by atoms with Crippen molar-refractivity contribution in [2.24, 2.45) is 0 Å². The number of hydrogen-bond donors (Lipinski definition) is 5. The number of aromatic hydroxyl groups is 1. The number of aromatic nitrogens is 1. The standard InChI is InChI=1S/C14H18N6O3/c1-15-10-11(16-2)13(19-14(17-3)12(10)21)18-8-4-6-9(7-5-8)20(22)23/h4-7,16,21H,1-3H3,(H3,15,17,18,19). The molecule has 0 bridgehead atoms. The monoisotopic (exact) mass is 318 g/mol. The van der Waals surface area contributed by atoms with Crippen molar-refractivity contribution in [1.82, 2.24) is 4.98 Å². The molecule has 0 aliphatic heterocycles. The summed E-state index contributed by atoms with van der Waals surface area (Å²) in [6.45, 7) is 0. The van der Waals surface area contributed by atoms with E-state index in [1.54, 1.807) is 33.3 Å². The Labute approximate surface area is 132 Å². The molecule has 1 heterocycles. The van der Waals surface area contributed by atoms with Crippen LogP contribution >= 0.6 is 0 Å². The molecule has 5 N–H and O–H groups in total. The minimum absolute atomic E-state index is 0.00593. The first-order chi connectivity index (χ1) is 11.0. The number of nitrogens with zero attached hydrogens (tertiary/aromatic N) is 2. The molecular formula is C14H18N6O3. The molecule has 0 unspecified atom stereocenters. The van der Waals surface area contributed by atoms with E-state index in [1.165, 1.54) is 12.1 Å². The molecule has 0 saturated carbocycles. The van der Waals surface area contributed by atoms with Crippen molar-refractivity contribution in [3.05, 3.63) is 34.4 Å². The summed E-state index contributed by atoms with van der Waals surface area (Å²) in [5.74, 6) is 0.763. The number of pyridine rings is 1. The number of hydrogen-bond acceptors (Lipinski definition) is 8. The average molecular weight is 318 g/mol. The summed E-state index contributed by atoms with van der Waals surface area (Å²) in [5, 5.41) is 32.6.